The molecule has 4 fully saturated rings. The summed E-state index contributed by atoms with van der Waals surface area (Å²) in [5, 5.41) is 15.0. The molecule has 4 aromatic heterocycles. The number of amides is 3. The number of halogens is 2. The summed E-state index contributed by atoms with van der Waals surface area (Å²) >= 11 is 0. The summed E-state index contributed by atoms with van der Waals surface area (Å²) in [5.74, 6) is -0.161. The van der Waals surface area contributed by atoms with Gasteiger partial charge < -0.3 is 23.7 Å². The lowest BCUT2D eigenvalue weighted by molar-refractivity contribution is -0.0849. The largest absolute Gasteiger partial charge is 0.492 e. The van der Waals surface area contributed by atoms with Gasteiger partial charge >= 0.3 is 11.8 Å². The Bertz CT molecular complexity index is 3540. The van der Waals surface area contributed by atoms with Crippen LogP contribution in [0.3, 0.4) is 0 Å². The van der Waals surface area contributed by atoms with Crippen LogP contribution in [0.1, 0.15) is 116 Å². The SMILES string of the molecule is Cc1cc(-n2nc3c(c2N2C[C@@H]4COc5cc6c(cnn6C6CC6)c(F)c5N4C2=O)[C@H](C)N(C(=O)c2cc4cc5c(cc4n2[C@@]2(c4noc(=O)[nH]4)C[C@@H]2C)OC[C@@]52CCOC(C)(C)C2)CC3)cc(C)c1F. The van der Waals surface area contributed by atoms with Gasteiger partial charge in [-0.3, -0.25) is 28.8 Å². The number of benzene rings is 3. The third-order valence-corrected chi connectivity index (χ3v) is 16.7. The predicted octanol–water partition coefficient (Wildman–Crippen LogP) is 8.05. The molecule has 0 bridgehead atoms. The number of aryl methyl sites for hydroxylation is 2. The van der Waals surface area contributed by atoms with Crippen molar-refractivity contribution in [1.82, 2.24) is 39.2 Å². The van der Waals surface area contributed by atoms with Gasteiger partial charge in [0.05, 0.1) is 70.9 Å². The molecule has 1 spiro atoms. The molecule has 19 heteroatoms. The molecule has 7 aromatic rings. The molecule has 2 aliphatic carbocycles. The monoisotopic (exact) mass is 966 g/mol. The second kappa shape index (κ2) is 14.3. The van der Waals surface area contributed by atoms with Gasteiger partial charge in [0.2, 0.25) is 0 Å². The lowest BCUT2D eigenvalue weighted by Gasteiger charge is -2.42. The highest BCUT2D eigenvalue weighted by atomic mass is 19.1. The summed E-state index contributed by atoms with van der Waals surface area (Å²) in [6.45, 7) is 13.2. The second-order valence-corrected chi connectivity index (χ2v) is 21.8. The first kappa shape index (κ1) is 42.8. The molecule has 0 radical (unpaired) electrons. The minimum Gasteiger partial charge on any atom is -0.492 e. The maximum Gasteiger partial charge on any atom is 0.438 e. The first-order valence-corrected chi connectivity index (χ1v) is 24.7. The van der Waals surface area contributed by atoms with Crippen molar-refractivity contribution < 1.29 is 37.1 Å². The molecule has 3 amide bonds. The number of aromatic nitrogens is 7. The highest BCUT2D eigenvalue weighted by Crippen LogP contribution is 2.58. The molecule has 2 saturated carbocycles. The number of fused-ring (bicyclic) bond motifs is 8. The van der Waals surface area contributed by atoms with Gasteiger partial charge in [0.25, 0.3) is 5.91 Å². The zero-order chi connectivity index (χ0) is 48.8. The smallest absolute Gasteiger partial charge is 0.438 e. The van der Waals surface area contributed by atoms with Gasteiger partial charge in [-0.2, -0.15) is 10.2 Å². The normalized spacial score (nSPS) is 26.2. The number of carbonyl (C=O) groups is 2. The molecule has 9 heterocycles. The van der Waals surface area contributed by atoms with E-state index in [1.54, 1.807) is 41.6 Å². The van der Waals surface area contributed by atoms with Crippen molar-refractivity contribution in [3.63, 3.8) is 0 Å². The highest BCUT2D eigenvalue weighted by molar-refractivity contribution is 6.10. The Kier molecular flexibility index (Phi) is 8.64. The zero-order valence-corrected chi connectivity index (χ0v) is 40.3. The van der Waals surface area contributed by atoms with Gasteiger partial charge in [0.1, 0.15) is 46.7 Å². The molecule has 5 aliphatic heterocycles. The number of urea groups is 1. The average molecular weight is 967 g/mol. The molecule has 17 nitrogen and oxygen atoms in total. The Balaban J connectivity index is 0.900. The lowest BCUT2D eigenvalue weighted by Crippen LogP contribution is -2.44. The van der Waals surface area contributed by atoms with Crippen LogP contribution in [-0.4, -0.2) is 95.7 Å². The van der Waals surface area contributed by atoms with Gasteiger partial charge in [-0.1, -0.05) is 12.1 Å². The number of nitrogens with zero attached hydrogens (tertiary/aromatic N) is 9. The van der Waals surface area contributed by atoms with Crippen molar-refractivity contribution >= 4 is 45.2 Å². The summed E-state index contributed by atoms with van der Waals surface area (Å²) in [5.41, 5.74) is 4.07. The van der Waals surface area contributed by atoms with Crippen molar-refractivity contribution in [3.05, 3.63) is 104 Å². The molecule has 71 heavy (non-hydrogen) atoms. The number of carbonyl (C=O) groups excluding carboxylic acids is 2. The molecule has 5 atom stereocenters. The Morgan fingerprint density at radius 1 is 0.944 bits per heavy atom. The van der Waals surface area contributed by atoms with Crippen LogP contribution in [0, 0.1) is 31.4 Å². The summed E-state index contributed by atoms with van der Waals surface area (Å²) in [6, 6.07) is 9.82. The summed E-state index contributed by atoms with van der Waals surface area (Å²) in [4.78, 5) is 51.4. The van der Waals surface area contributed by atoms with Crippen molar-refractivity contribution in [1.29, 1.82) is 0 Å². The van der Waals surface area contributed by atoms with E-state index in [0.29, 0.717) is 82.4 Å². The Labute approximate surface area is 405 Å². The first-order chi connectivity index (χ1) is 34.1. The fourth-order valence-corrected chi connectivity index (χ4v) is 13.1. The number of aromatic amines is 1. The Morgan fingerprint density at radius 3 is 2.44 bits per heavy atom. The van der Waals surface area contributed by atoms with E-state index in [1.165, 1.54) is 11.1 Å². The molecular weight excluding hydrogens is 915 g/mol. The van der Waals surface area contributed by atoms with Crippen LogP contribution in [0.15, 0.2) is 51.9 Å². The zero-order valence-electron chi connectivity index (χ0n) is 40.3. The van der Waals surface area contributed by atoms with E-state index in [-0.39, 0.29) is 65.8 Å². The second-order valence-electron chi connectivity index (χ2n) is 21.8. The maximum atomic E-state index is 16.9. The Hall–Kier alpha value is -7.02. The first-order valence-electron chi connectivity index (χ1n) is 24.7. The van der Waals surface area contributed by atoms with Crippen LogP contribution < -0.4 is 25.0 Å². The van der Waals surface area contributed by atoms with Crippen LogP contribution in [-0.2, 0) is 22.1 Å². The van der Waals surface area contributed by atoms with Crippen molar-refractivity contribution in [2.45, 2.75) is 115 Å². The Morgan fingerprint density at radius 2 is 1.72 bits per heavy atom. The minimum absolute atomic E-state index is 0.0378. The summed E-state index contributed by atoms with van der Waals surface area (Å²) in [6.07, 6.45) is 5.93. The van der Waals surface area contributed by atoms with E-state index in [2.05, 4.69) is 42.1 Å². The van der Waals surface area contributed by atoms with Crippen molar-refractivity contribution in [2.24, 2.45) is 5.92 Å². The number of rotatable bonds is 6. The van der Waals surface area contributed by atoms with Crippen molar-refractivity contribution in [3.8, 4) is 17.2 Å². The van der Waals surface area contributed by atoms with Crippen molar-refractivity contribution in [2.75, 3.05) is 42.7 Å². The number of hydrogen-bond donors (Lipinski definition) is 1. The van der Waals surface area contributed by atoms with Crippen LogP contribution in [0.25, 0.3) is 27.5 Å². The number of H-pyrrole nitrogens is 1. The van der Waals surface area contributed by atoms with E-state index >= 15 is 18.4 Å². The fraction of sp³-hybridized carbons (Fsp3) is 0.462. The average Bonchev–Trinajstić information content (AvgIpc) is 3.78. The van der Waals surface area contributed by atoms with Gasteiger partial charge in [-0.05, 0) is 108 Å². The van der Waals surface area contributed by atoms with Crippen LogP contribution in [0.4, 0.5) is 25.1 Å². The molecule has 1 N–H and O–H groups in total. The number of anilines is 2. The molecular formula is C52H52F2N10O7. The highest BCUT2D eigenvalue weighted by Gasteiger charge is 2.60. The standard InChI is InChI=1S/C52H52F2N10O7/c1-25-13-31(14-26(2)42(25)53)64-45(60-21-32-22-68-40-18-37-33(20-55-63(37)30-7-8-30)43(54)44(40)61(32)49(60)67)41-28(4)59(11-9-35(41)57-64)46(65)38-16-29-15-34-39(69-24-51(34)10-12-70-50(5,6)23-51)17-36(29)62(38)52(19-27(52)3)47-56-48(66)71-58-47/h13-18,20,27-28,30,32H,7-12,19,21-24H2,1-6H3,(H,56,58,66)/t27-,28-,32+,51-,52-/m0/s1. The summed E-state index contributed by atoms with van der Waals surface area (Å²) in [7, 11) is 0. The number of hydrogen-bond acceptors (Lipinski definition) is 10. The fourth-order valence-electron chi connectivity index (χ4n) is 13.1. The molecule has 3 aromatic carbocycles. The maximum absolute atomic E-state index is 16.9. The molecule has 2 saturated heterocycles. The van der Waals surface area contributed by atoms with E-state index < -0.39 is 35.2 Å². The summed E-state index contributed by atoms with van der Waals surface area (Å²) < 4.78 is 61.8. The molecule has 366 valence electrons. The third kappa shape index (κ3) is 5.92. The van der Waals surface area contributed by atoms with Gasteiger partial charge in [0.15, 0.2) is 11.6 Å². The minimum atomic E-state index is -0.912. The van der Waals surface area contributed by atoms with Gasteiger partial charge in [-0.15, -0.1) is 0 Å². The van der Waals surface area contributed by atoms with Crippen LogP contribution in [0.2, 0.25) is 0 Å². The molecule has 7 aliphatic rings. The topological polar surface area (TPSA) is 171 Å². The van der Waals surface area contributed by atoms with E-state index in [0.717, 1.165) is 47.9 Å². The molecule has 0 unspecified atom stereocenters. The third-order valence-electron chi connectivity index (χ3n) is 16.7. The lowest BCUT2D eigenvalue weighted by atomic mass is 9.70. The molecule has 14 rings (SSSR count). The predicted molar refractivity (Wildman–Crippen MR) is 255 cm³/mol. The van der Waals surface area contributed by atoms with Gasteiger partial charge in [0, 0.05) is 53.6 Å². The van der Waals surface area contributed by atoms with Gasteiger partial charge in [-0.25, -0.2) is 23.1 Å². The van der Waals surface area contributed by atoms with Crippen LogP contribution in [0.5, 0.6) is 11.5 Å². The number of nitrogens with one attached hydrogen (secondary N) is 1. The van der Waals surface area contributed by atoms with E-state index in [1.807, 2.05) is 33.2 Å². The van der Waals surface area contributed by atoms with Crippen LogP contribution >= 0.6 is 0 Å². The van der Waals surface area contributed by atoms with E-state index in [9.17, 15) is 4.79 Å². The van der Waals surface area contributed by atoms with E-state index in [4.69, 9.17) is 23.8 Å². The number of ether oxygens (including phenoxy) is 3. The quantitative estimate of drug-likeness (QED) is 0.172.